The maximum atomic E-state index is 8.34. The first-order chi connectivity index (χ1) is 4.34. The van der Waals surface area contributed by atoms with Crippen LogP contribution in [-0.4, -0.2) is 24.6 Å². The molecule has 1 aliphatic rings. The van der Waals surface area contributed by atoms with Gasteiger partial charge in [-0.05, 0) is 6.42 Å². The third kappa shape index (κ3) is 1.41. The second-order valence-corrected chi connectivity index (χ2v) is 2.32. The Hall–Kier alpha value is -0.590. The van der Waals surface area contributed by atoms with Crippen molar-refractivity contribution in [3.8, 4) is 6.07 Å². The molecule has 1 rings (SSSR count). The highest BCUT2D eigenvalue weighted by molar-refractivity contribution is 4.83. The minimum Gasteiger partial charge on any atom is -0.255 e. The lowest BCUT2D eigenvalue weighted by Gasteiger charge is -2.14. The second-order valence-electron chi connectivity index (χ2n) is 2.32. The van der Waals surface area contributed by atoms with E-state index in [4.69, 9.17) is 5.26 Å². The van der Waals surface area contributed by atoms with Gasteiger partial charge in [0.2, 0.25) is 0 Å². The van der Waals surface area contributed by atoms with Crippen LogP contribution in [0.3, 0.4) is 0 Å². The summed E-state index contributed by atoms with van der Waals surface area (Å²) >= 11 is 0. The molecule has 1 fully saturated rings. The molecule has 1 N–H and O–H groups in total. The highest BCUT2D eigenvalue weighted by Crippen LogP contribution is 2.08. The summed E-state index contributed by atoms with van der Waals surface area (Å²) in [5, 5.41) is 10.4. The first kappa shape index (κ1) is 6.53. The summed E-state index contributed by atoms with van der Waals surface area (Å²) in [6.45, 7) is 1.02. The lowest BCUT2D eigenvalue weighted by molar-refractivity contribution is 0.240. The molecule has 1 atom stereocenters. The highest BCUT2D eigenvalue weighted by Gasteiger charge is 2.19. The van der Waals surface area contributed by atoms with E-state index in [2.05, 4.69) is 11.5 Å². The van der Waals surface area contributed by atoms with Crippen molar-refractivity contribution in [1.82, 2.24) is 10.4 Å². The zero-order valence-corrected chi connectivity index (χ0v) is 5.59. The Morgan fingerprint density at radius 2 is 2.67 bits per heavy atom. The Balaban J connectivity index is 2.33. The highest BCUT2D eigenvalue weighted by atomic mass is 15.5. The molecule has 50 valence electrons. The number of hydrogen-bond acceptors (Lipinski definition) is 3. The van der Waals surface area contributed by atoms with E-state index in [0.717, 1.165) is 13.0 Å². The third-order valence-electron chi connectivity index (χ3n) is 1.71. The molecule has 1 aliphatic heterocycles. The molecule has 0 aromatic rings. The number of nitriles is 1. The molecule has 3 nitrogen and oxygen atoms in total. The Kier molecular flexibility index (Phi) is 2.04. The minimum atomic E-state index is 0.440. The van der Waals surface area contributed by atoms with Crippen LogP contribution in [0, 0.1) is 11.3 Å². The van der Waals surface area contributed by atoms with Gasteiger partial charge in [0.1, 0.15) is 0 Å². The van der Waals surface area contributed by atoms with Gasteiger partial charge in [-0.25, -0.2) is 5.01 Å². The van der Waals surface area contributed by atoms with Crippen LogP contribution in [0.5, 0.6) is 0 Å². The fourth-order valence-corrected chi connectivity index (χ4v) is 1.07. The molecule has 0 bridgehead atoms. The largest absolute Gasteiger partial charge is 0.255 e. The number of hydrazine groups is 1. The fraction of sp³-hybridized carbons (Fsp3) is 0.833. The summed E-state index contributed by atoms with van der Waals surface area (Å²) in [6, 6.07) is 2.60. The van der Waals surface area contributed by atoms with Crippen molar-refractivity contribution < 1.29 is 0 Å². The average molecular weight is 125 g/mol. The molecule has 0 spiro atoms. The van der Waals surface area contributed by atoms with Crippen molar-refractivity contribution >= 4 is 0 Å². The van der Waals surface area contributed by atoms with Crippen LogP contribution in [0.4, 0.5) is 0 Å². The lowest BCUT2D eigenvalue weighted by Crippen LogP contribution is -2.32. The topological polar surface area (TPSA) is 39.1 Å². The van der Waals surface area contributed by atoms with Crippen molar-refractivity contribution in [2.75, 3.05) is 13.6 Å². The molecule has 9 heavy (non-hydrogen) atoms. The van der Waals surface area contributed by atoms with Crippen LogP contribution < -0.4 is 5.43 Å². The number of nitrogens with zero attached hydrogens (tertiary/aromatic N) is 2. The van der Waals surface area contributed by atoms with Gasteiger partial charge < -0.3 is 0 Å². The van der Waals surface area contributed by atoms with E-state index < -0.39 is 0 Å². The van der Waals surface area contributed by atoms with Gasteiger partial charge in [-0.3, -0.25) is 5.43 Å². The van der Waals surface area contributed by atoms with E-state index in [1.807, 2.05) is 12.1 Å². The molecule has 1 saturated heterocycles. The molecule has 0 aliphatic carbocycles. The monoisotopic (exact) mass is 125 g/mol. The number of hydrogen-bond donors (Lipinski definition) is 1. The van der Waals surface area contributed by atoms with E-state index in [-0.39, 0.29) is 0 Å². The van der Waals surface area contributed by atoms with E-state index >= 15 is 0 Å². The maximum Gasteiger partial charge on any atom is 0.0638 e. The first-order valence-corrected chi connectivity index (χ1v) is 3.18. The van der Waals surface area contributed by atoms with Gasteiger partial charge >= 0.3 is 0 Å². The summed E-state index contributed by atoms with van der Waals surface area (Å²) in [5.41, 5.74) is 3.14. The third-order valence-corrected chi connectivity index (χ3v) is 1.71. The smallest absolute Gasteiger partial charge is 0.0638 e. The van der Waals surface area contributed by atoms with E-state index in [0.29, 0.717) is 12.5 Å². The Labute approximate surface area is 55.2 Å². The Bertz CT molecular complexity index is 127. The van der Waals surface area contributed by atoms with Gasteiger partial charge in [-0.1, -0.05) is 0 Å². The zero-order valence-electron chi connectivity index (χ0n) is 5.59. The van der Waals surface area contributed by atoms with Crippen molar-refractivity contribution in [3.05, 3.63) is 0 Å². The molecule has 0 radical (unpaired) electrons. The van der Waals surface area contributed by atoms with Gasteiger partial charge in [0.25, 0.3) is 0 Å². The van der Waals surface area contributed by atoms with Crippen LogP contribution in [-0.2, 0) is 0 Å². The Morgan fingerprint density at radius 3 is 3.11 bits per heavy atom. The van der Waals surface area contributed by atoms with Crippen LogP contribution >= 0.6 is 0 Å². The van der Waals surface area contributed by atoms with Gasteiger partial charge in [-0.2, -0.15) is 5.26 Å². The zero-order chi connectivity index (χ0) is 6.69. The standard InChI is InChI=1S/C6H11N3/c1-9-6(2-4-7)3-5-8-9/h6,8H,2-3,5H2,1H3. The summed E-state index contributed by atoms with van der Waals surface area (Å²) in [5.74, 6) is 0. The van der Waals surface area contributed by atoms with Crippen LogP contribution in [0.1, 0.15) is 12.8 Å². The lowest BCUT2D eigenvalue weighted by atomic mass is 10.2. The molecular formula is C6H11N3. The maximum absolute atomic E-state index is 8.34. The van der Waals surface area contributed by atoms with Gasteiger partial charge in [0, 0.05) is 19.6 Å². The SMILES string of the molecule is CN1NCCC1CC#N. The number of nitrogens with one attached hydrogen (secondary N) is 1. The average Bonchev–Trinajstić information content (AvgIpc) is 2.18. The molecule has 0 amide bonds. The van der Waals surface area contributed by atoms with Crippen molar-refractivity contribution in [2.24, 2.45) is 0 Å². The molecular weight excluding hydrogens is 114 g/mol. The molecule has 1 heterocycles. The Morgan fingerprint density at radius 1 is 1.89 bits per heavy atom. The molecule has 3 heteroatoms. The van der Waals surface area contributed by atoms with Gasteiger partial charge in [-0.15, -0.1) is 0 Å². The van der Waals surface area contributed by atoms with Crippen LogP contribution in [0.25, 0.3) is 0 Å². The van der Waals surface area contributed by atoms with Gasteiger partial charge in [0.15, 0.2) is 0 Å². The summed E-state index contributed by atoms with van der Waals surface area (Å²) in [7, 11) is 1.98. The quantitative estimate of drug-likeness (QED) is 0.540. The van der Waals surface area contributed by atoms with Crippen molar-refractivity contribution in [2.45, 2.75) is 18.9 Å². The predicted molar refractivity (Wildman–Crippen MR) is 34.4 cm³/mol. The van der Waals surface area contributed by atoms with E-state index in [1.54, 1.807) is 0 Å². The summed E-state index contributed by atoms with van der Waals surface area (Å²) in [6.07, 6.45) is 1.74. The van der Waals surface area contributed by atoms with Crippen LogP contribution in [0.2, 0.25) is 0 Å². The molecule has 1 unspecified atom stereocenters. The fourth-order valence-electron chi connectivity index (χ4n) is 1.07. The predicted octanol–water partition coefficient (Wildman–Crippen LogP) is 0.109. The van der Waals surface area contributed by atoms with Gasteiger partial charge in [0.05, 0.1) is 12.5 Å². The van der Waals surface area contributed by atoms with Crippen LogP contribution in [0.15, 0.2) is 0 Å². The van der Waals surface area contributed by atoms with E-state index in [1.165, 1.54) is 0 Å². The van der Waals surface area contributed by atoms with E-state index in [9.17, 15) is 0 Å². The minimum absolute atomic E-state index is 0.440. The first-order valence-electron chi connectivity index (χ1n) is 3.18. The second kappa shape index (κ2) is 2.81. The molecule has 0 saturated carbocycles. The normalized spacial score (nSPS) is 28.2. The summed E-state index contributed by atoms with van der Waals surface area (Å²) < 4.78 is 0. The number of rotatable bonds is 1. The summed E-state index contributed by atoms with van der Waals surface area (Å²) in [4.78, 5) is 0. The molecule has 0 aromatic carbocycles. The van der Waals surface area contributed by atoms with Crippen molar-refractivity contribution in [3.63, 3.8) is 0 Å². The molecule has 0 aromatic heterocycles. The van der Waals surface area contributed by atoms with Crippen molar-refractivity contribution in [1.29, 1.82) is 5.26 Å².